The molecule has 1 aliphatic rings. The van der Waals surface area contributed by atoms with Gasteiger partial charge in [-0.2, -0.15) is 0 Å². The number of rotatable bonds is 11. The lowest BCUT2D eigenvalue weighted by Gasteiger charge is -2.35. The van der Waals surface area contributed by atoms with E-state index in [-0.39, 0.29) is 25.4 Å². The molecule has 2 aromatic rings. The molecule has 5 heteroatoms. The highest BCUT2D eigenvalue weighted by molar-refractivity contribution is 5.89. The van der Waals surface area contributed by atoms with Crippen LogP contribution in [-0.2, 0) is 32.3 Å². The van der Waals surface area contributed by atoms with Crippen LogP contribution in [0.3, 0.4) is 0 Å². The van der Waals surface area contributed by atoms with E-state index < -0.39 is 23.4 Å². The Labute approximate surface area is 190 Å². The fraction of sp³-hybridized carbons (Fsp3) is 0.481. The van der Waals surface area contributed by atoms with Crippen LogP contribution in [0.2, 0.25) is 0 Å². The highest BCUT2D eigenvalue weighted by Gasteiger charge is 2.41. The first kappa shape index (κ1) is 24.1. The van der Waals surface area contributed by atoms with Crippen molar-refractivity contribution in [3.05, 3.63) is 71.8 Å². The normalized spacial score (nSPS) is 17.3. The van der Waals surface area contributed by atoms with Gasteiger partial charge in [-0.25, -0.2) is 0 Å². The summed E-state index contributed by atoms with van der Waals surface area (Å²) in [5.74, 6) is -1.22. The molecule has 2 aromatic carbocycles. The van der Waals surface area contributed by atoms with Gasteiger partial charge in [-0.3, -0.25) is 9.59 Å². The number of Topliss-reactive ketones (excluding diaryl/α,β-unsaturated/α-hetero) is 1. The minimum atomic E-state index is -0.741. The summed E-state index contributed by atoms with van der Waals surface area (Å²) < 4.78 is 11.6. The van der Waals surface area contributed by atoms with Gasteiger partial charge in [0, 0.05) is 6.42 Å². The van der Waals surface area contributed by atoms with Crippen LogP contribution in [0.15, 0.2) is 60.7 Å². The summed E-state index contributed by atoms with van der Waals surface area (Å²) in [4.78, 5) is 26.4. The summed E-state index contributed by atoms with van der Waals surface area (Å²) in [5, 5.41) is 10.0. The maximum atomic E-state index is 13.3. The SMILES string of the molecule is C[C@@H](OCc1ccccc1)[C@H](CC(=O)C1(CO)CCCCC1)C(=O)OCc1ccccc1. The second-order valence-corrected chi connectivity index (χ2v) is 8.83. The zero-order valence-corrected chi connectivity index (χ0v) is 18.9. The van der Waals surface area contributed by atoms with Gasteiger partial charge in [0.05, 0.1) is 30.7 Å². The second kappa shape index (κ2) is 11.9. The molecule has 0 spiro atoms. The maximum Gasteiger partial charge on any atom is 0.312 e. The third kappa shape index (κ3) is 6.50. The number of aliphatic hydroxyl groups excluding tert-OH is 1. The summed E-state index contributed by atoms with van der Waals surface area (Å²) in [5.41, 5.74) is 1.15. The molecular weight excluding hydrogens is 404 g/mol. The van der Waals surface area contributed by atoms with Crippen molar-refractivity contribution in [2.24, 2.45) is 11.3 Å². The molecule has 0 radical (unpaired) electrons. The van der Waals surface area contributed by atoms with Crippen molar-refractivity contribution in [2.45, 2.75) is 64.8 Å². The zero-order chi connectivity index (χ0) is 22.8. The third-order valence-corrected chi connectivity index (χ3v) is 6.56. The van der Waals surface area contributed by atoms with Crippen molar-refractivity contribution < 1.29 is 24.2 Å². The first-order valence-corrected chi connectivity index (χ1v) is 11.5. The molecule has 0 aliphatic heterocycles. The van der Waals surface area contributed by atoms with E-state index in [1.165, 1.54) is 0 Å². The predicted molar refractivity (Wildman–Crippen MR) is 123 cm³/mol. The van der Waals surface area contributed by atoms with Gasteiger partial charge in [-0.05, 0) is 30.9 Å². The average molecular weight is 439 g/mol. The van der Waals surface area contributed by atoms with Crippen molar-refractivity contribution in [1.29, 1.82) is 0 Å². The van der Waals surface area contributed by atoms with Crippen LogP contribution in [0.1, 0.15) is 56.6 Å². The van der Waals surface area contributed by atoms with Gasteiger partial charge in [0.25, 0.3) is 0 Å². The van der Waals surface area contributed by atoms with E-state index in [0.717, 1.165) is 30.4 Å². The molecule has 3 rings (SSSR count). The fourth-order valence-corrected chi connectivity index (χ4v) is 4.36. The van der Waals surface area contributed by atoms with Crippen molar-refractivity contribution in [2.75, 3.05) is 6.61 Å². The van der Waals surface area contributed by atoms with Gasteiger partial charge in [0.1, 0.15) is 12.4 Å². The van der Waals surface area contributed by atoms with Crippen molar-refractivity contribution >= 4 is 11.8 Å². The van der Waals surface area contributed by atoms with E-state index in [0.29, 0.717) is 19.4 Å². The molecule has 1 saturated carbocycles. The Morgan fingerprint density at radius 2 is 1.47 bits per heavy atom. The molecule has 0 bridgehead atoms. The number of ketones is 1. The summed E-state index contributed by atoms with van der Waals surface area (Å²) in [6.07, 6.45) is 3.80. The molecule has 0 saturated heterocycles. The van der Waals surface area contributed by atoms with Crippen molar-refractivity contribution in [3.8, 4) is 0 Å². The van der Waals surface area contributed by atoms with Crippen LogP contribution in [0.25, 0.3) is 0 Å². The average Bonchev–Trinajstić information content (AvgIpc) is 2.85. The molecule has 0 unspecified atom stereocenters. The number of hydrogen-bond donors (Lipinski definition) is 1. The monoisotopic (exact) mass is 438 g/mol. The molecule has 1 N–H and O–H groups in total. The lowest BCUT2D eigenvalue weighted by atomic mass is 9.69. The Hall–Kier alpha value is -2.50. The highest BCUT2D eigenvalue weighted by atomic mass is 16.5. The predicted octanol–water partition coefficient (Wildman–Crippen LogP) is 4.85. The van der Waals surface area contributed by atoms with Crippen LogP contribution < -0.4 is 0 Å². The molecule has 172 valence electrons. The van der Waals surface area contributed by atoms with Crippen LogP contribution in [0.5, 0.6) is 0 Å². The van der Waals surface area contributed by atoms with Gasteiger partial charge < -0.3 is 14.6 Å². The molecule has 1 fully saturated rings. The number of carbonyl (C=O) groups excluding carboxylic acids is 2. The highest BCUT2D eigenvalue weighted by Crippen LogP contribution is 2.39. The van der Waals surface area contributed by atoms with Crippen LogP contribution in [0.4, 0.5) is 0 Å². The molecule has 1 aliphatic carbocycles. The number of aliphatic hydroxyl groups is 1. The molecule has 2 atom stereocenters. The van der Waals surface area contributed by atoms with E-state index in [2.05, 4.69) is 0 Å². The number of benzene rings is 2. The Kier molecular flexibility index (Phi) is 9.00. The molecule has 5 nitrogen and oxygen atoms in total. The van der Waals surface area contributed by atoms with Crippen LogP contribution in [-0.4, -0.2) is 29.6 Å². The van der Waals surface area contributed by atoms with Crippen molar-refractivity contribution in [1.82, 2.24) is 0 Å². The largest absolute Gasteiger partial charge is 0.461 e. The number of esters is 1. The quantitative estimate of drug-likeness (QED) is 0.508. The minimum Gasteiger partial charge on any atom is -0.461 e. The molecule has 0 amide bonds. The molecule has 0 heterocycles. The second-order valence-electron chi connectivity index (χ2n) is 8.83. The van der Waals surface area contributed by atoms with E-state index in [9.17, 15) is 14.7 Å². The van der Waals surface area contributed by atoms with Gasteiger partial charge in [-0.1, -0.05) is 79.9 Å². The molecule has 32 heavy (non-hydrogen) atoms. The van der Waals surface area contributed by atoms with Gasteiger partial charge in [-0.15, -0.1) is 0 Å². The Bertz CT molecular complexity index is 843. The molecular formula is C27H34O5. The number of ether oxygens (including phenoxy) is 2. The topological polar surface area (TPSA) is 72.8 Å². The Morgan fingerprint density at radius 3 is 2.03 bits per heavy atom. The lowest BCUT2D eigenvalue weighted by Crippen LogP contribution is -2.41. The fourth-order valence-electron chi connectivity index (χ4n) is 4.36. The minimum absolute atomic E-state index is 0.0180. The number of carbonyl (C=O) groups is 2. The van der Waals surface area contributed by atoms with Crippen molar-refractivity contribution in [3.63, 3.8) is 0 Å². The smallest absolute Gasteiger partial charge is 0.312 e. The van der Waals surface area contributed by atoms with E-state index in [4.69, 9.17) is 9.47 Å². The van der Waals surface area contributed by atoms with Crippen LogP contribution in [0, 0.1) is 11.3 Å². The lowest BCUT2D eigenvalue weighted by molar-refractivity contribution is -0.159. The Balaban J connectivity index is 1.69. The summed E-state index contributed by atoms with van der Waals surface area (Å²) in [7, 11) is 0. The van der Waals surface area contributed by atoms with E-state index in [1.54, 1.807) is 0 Å². The van der Waals surface area contributed by atoms with Gasteiger partial charge in [0.2, 0.25) is 0 Å². The summed E-state index contributed by atoms with van der Waals surface area (Å²) >= 11 is 0. The first-order chi connectivity index (χ1) is 15.5. The number of hydrogen-bond acceptors (Lipinski definition) is 5. The van der Waals surface area contributed by atoms with Crippen LogP contribution >= 0.6 is 0 Å². The zero-order valence-electron chi connectivity index (χ0n) is 18.9. The standard InChI is InChI=1S/C27H34O5/c1-21(31-18-22-11-5-2-6-12-22)24(26(30)32-19-23-13-7-3-8-14-23)17-25(29)27(20-28)15-9-4-10-16-27/h2-3,5-8,11-14,21,24,28H,4,9-10,15-20H2,1H3/t21-,24+/m1/s1. The maximum absolute atomic E-state index is 13.3. The van der Waals surface area contributed by atoms with E-state index >= 15 is 0 Å². The van der Waals surface area contributed by atoms with Gasteiger partial charge >= 0.3 is 5.97 Å². The Morgan fingerprint density at radius 1 is 0.906 bits per heavy atom. The third-order valence-electron chi connectivity index (χ3n) is 6.56. The summed E-state index contributed by atoms with van der Waals surface area (Å²) in [6, 6.07) is 19.2. The first-order valence-electron chi connectivity index (χ1n) is 11.5. The molecule has 0 aromatic heterocycles. The van der Waals surface area contributed by atoms with Gasteiger partial charge in [0.15, 0.2) is 0 Å². The summed E-state index contributed by atoms with van der Waals surface area (Å²) in [6.45, 7) is 2.15. The van der Waals surface area contributed by atoms with E-state index in [1.807, 2.05) is 67.6 Å².